The van der Waals surface area contributed by atoms with Crippen LogP contribution in [0, 0.1) is 0 Å². The number of carbonyl (C=O) groups is 1. The highest BCUT2D eigenvalue weighted by Crippen LogP contribution is 2.07. The summed E-state index contributed by atoms with van der Waals surface area (Å²) in [6, 6.07) is 12.7. The van der Waals surface area contributed by atoms with E-state index in [1.54, 1.807) is 18.3 Å². The van der Waals surface area contributed by atoms with Crippen molar-refractivity contribution < 1.29 is 14.3 Å². The Bertz CT molecular complexity index is 485. The molecule has 0 aliphatic carbocycles. The molecular weight excluding hydrogens is 230 g/mol. The molecule has 18 heavy (non-hydrogen) atoms. The van der Waals surface area contributed by atoms with E-state index in [-0.39, 0.29) is 12.6 Å². The highest BCUT2D eigenvalue weighted by Gasteiger charge is 2.05. The molecule has 0 aliphatic rings. The quantitative estimate of drug-likeness (QED) is 0.597. The van der Waals surface area contributed by atoms with Crippen LogP contribution in [0.1, 0.15) is 10.4 Å². The molecule has 2 rings (SSSR count). The first-order valence-electron chi connectivity index (χ1n) is 5.61. The van der Waals surface area contributed by atoms with Crippen molar-refractivity contribution in [2.45, 2.75) is 0 Å². The minimum Gasteiger partial charge on any atom is -0.490 e. The molecule has 0 saturated heterocycles. The van der Waals surface area contributed by atoms with Crippen LogP contribution in [0.2, 0.25) is 0 Å². The van der Waals surface area contributed by atoms with Crippen molar-refractivity contribution >= 4 is 5.97 Å². The molecule has 0 atom stereocenters. The number of para-hydroxylation sites is 1. The highest BCUT2D eigenvalue weighted by atomic mass is 16.6. The first kappa shape index (κ1) is 12.1. The van der Waals surface area contributed by atoms with Gasteiger partial charge in [-0.2, -0.15) is 0 Å². The Balaban J connectivity index is 1.72. The van der Waals surface area contributed by atoms with Crippen LogP contribution < -0.4 is 4.74 Å². The van der Waals surface area contributed by atoms with E-state index in [0.29, 0.717) is 12.2 Å². The van der Waals surface area contributed by atoms with E-state index in [1.165, 1.54) is 6.20 Å². The molecule has 2 aromatic rings. The first-order chi connectivity index (χ1) is 8.86. The molecule has 0 saturated carbocycles. The van der Waals surface area contributed by atoms with E-state index >= 15 is 0 Å². The van der Waals surface area contributed by atoms with Crippen molar-refractivity contribution in [1.29, 1.82) is 0 Å². The van der Waals surface area contributed by atoms with E-state index in [9.17, 15) is 4.79 Å². The third-order valence-electron chi connectivity index (χ3n) is 2.23. The summed E-state index contributed by atoms with van der Waals surface area (Å²) in [4.78, 5) is 15.4. The fourth-order valence-electron chi connectivity index (χ4n) is 1.38. The van der Waals surface area contributed by atoms with Gasteiger partial charge >= 0.3 is 5.97 Å². The number of nitrogens with zero attached hydrogens (tertiary/aromatic N) is 1. The van der Waals surface area contributed by atoms with Crippen LogP contribution in [0.5, 0.6) is 5.75 Å². The lowest BCUT2D eigenvalue weighted by Gasteiger charge is -2.06. The second-order valence-corrected chi connectivity index (χ2v) is 3.54. The summed E-state index contributed by atoms with van der Waals surface area (Å²) in [5, 5.41) is 0. The molecule has 0 unspecified atom stereocenters. The summed E-state index contributed by atoms with van der Waals surface area (Å²) in [6.45, 7) is 0.540. The van der Waals surface area contributed by atoms with Crippen LogP contribution in [-0.2, 0) is 4.74 Å². The zero-order chi connectivity index (χ0) is 12.6. The molecule has 0 aliphatic heterocycles. The number of carbonyl (C=O) groups excluding carboxylic acids is 1. The number of pyridine rings is 1. The molecule has 0 spiro atoms. The normalized spacial score (nSPS) is 9.78. The average molecular weight is 243 g/mol. The van der Waals surface area contributed by atoms with Crippen LogP contribution in [0.4, 0.5) is 0 Å². The van der Waals surface area contributed by atoms with E-state index < -0.39 is 0 Å². The summed E-state index contributed by atoms with van der Waals surface area (Å²) in [5.74, 6) is 0.370. The Morgan fingerprint density at radius 1 is 1.06 bits per heavy atom. The van der Waals surface area contributed by atoms with Gasteiger partial charge in [0.05, 0.1) is 5.56 Å². The number of ether oxygens (including phenoxy) is 2. The van der Waals surface area contributed by atoms with Gasteiger partial charge in [-0.1, -0.05) is 18.2 Å². The predicted molar refractivity (Wildman–Crippen MR) is 66.5 cm³/mol. The smallest absolute Gasteiger partial charge is 0.339 e. The lowest BCUT2D eigenvalue weighted by molar-refractivity contribution is 0.0450. The summed E-state index contributed by atoms with van der Waals surface area (Å²) < 4.78 is 10.4. The molecule has 0 amide bonds. The van der Waals surface area contributed by atoms with Gasteiger partial charge in [0.15, 0.2) is 0 Å². The van der Waals surface area contributed by atoms with Gasteiger partial charge in [0, 0.05) is 12.4 Å². The average Bonchev–Trinajstić information content (AvgIpc) is 2.45. The molecule has 1 aromatic heterocycles. The molecule has 0 bridgehead atoms. The van der Waals surface area contributed by atoms with Crippen LogP contribution in [0.15, 0.2) is 54.9 Å². The summed E-state index contributed by atoms with van der Waals surface area (Å²) in [6.07, 6.45) is 3.08. The van der Waals surface area contributed by atoms with Crippen LogP contribution >= 0.6 is 0 Å². The van der Waals surface area contributed by atoms with Gasteiger partial charge in [-0.3, -0.25) is 4.98 Å². The molecule has 1 aromatic carbocycles. The maximum atomic E-state index is 11.5. The van der Waals surface area contributed by atoms with Gasteiger partial charge in [0.1, 0.15) is 19.0 Å². The fourth-order valence-corrected chi connectivity index (χ4v) is 1.38. The molecule has 0 N–H and O–H groups in total. The Morgan fingerprint density at radius 3 is 2.61 bits per heavy atom. The summed E-state index contributed by atoms with van der Waals surface area (Å²) in [7, 11) is 0. The van der Waals surface area contributed by atoms with Gasteiger partial charge in [0.2, 0.25) is 0 Å². The largest absolute Gasteiger partial charge is 0.490 e. The zero-order valence-corrected chi connectivity index (χ0v) is 9.78. The van der Waals surface area contributed by atoms with Crippen molar-refractivity contribution in [3.63, 3.8) is 0 Å². The number of rotatable bonds is 5. The van der Waals surface area contributed by atoms with Crippen LogP contribution in [-0.4, -0.2) is 24.2 Å². The maximum absolute atomic E-state index is 11.5. The lowest BCUT2D eigenvalue weighted by atomic mass is 10.3. The van der Waals surface area contributed by atoms with Gasteiger partial charge in [-0.05, 0) is 24.3 Å². The van der Waals surface area contributed by atoms with Crippen LogP contribution in [0.25, 0.3) is 0 Å². The third-order valence-corrected chi connectivity index (χ3v) is 2.23. The van der Waals surface area contributed by atoms with Crippen molar-refractivity contribution in [3.05, 3.63) is 60.4 Å². The Morgan fingerprint density at radius 2 is 1.89 bits per heavy atom. The van der Waals surface area contributed by atoms with Crippen molar-refractivity contribution in [2.24, 2.45) is 0 Å². The number of esters is 1. The topological polar surface area (TPSA) is 48.4 Å². The van der Waals surface area contributed by atoms with E-state index in [2.05, 4.69) is 4.98 Å². The molecule has 0 fully saturated rings. The number of benzene rings is 1. The molecule has 92 valence electrons. The Kier molecular flexibility index (Phi) is 4.30. The number of hydrogen-bond acceptors (Lipinski definition) is 4. The van der Waals surface area contributed by atoms with Crippen molar-refractivity contribution in [3.8, 4) is 5.75 Å². The molecular formula is C14H13NO3. The third kappa shape index (κ3) is 3.59. The lowest BCUT2D eigenvalue weighted by Crippen LogP contribution is -2.12. The molecule has 4 nitrogen and oxygen atoms in total. The fraction of sp³-hybridized carbons (Fsp3) is 0.143. The SMILES string of the molecule is O=C(OCCOc1ccccc1)c1cccnc1. The Labute approximate surface area is 105 Å². The van der Waals surface area contributed by atoms with Crippen LogP contribution in [0.3, 0.4) is 0 Å². The molecule has 1 heterocycles. The first-order valence-corrected chi connectivity index (χ1v) is 5.61. The predicted octanol–water partition coefficient (Wildman–Crippen LogP) is 2.32. The molecule has 4 heteroatoms. The Hall–Kier alpha value is -2.36. The second-order valence-electron chi connectivity index (χ2n) is 3.54. The second kappa shape index (κ2) is 6.39. The monoisotopic (exact) mass is 243 g/mol. The van der Waals surface area contributed by atoms with Gasteiger partial charge < -0.3 is 9.47 Å². The summed E-state index contributed by atoms with van der Waals surface area (Å²) in [5.41, 5.74) is 0.442. The van der Waals surface area contributed by atoms with E-state index in [4.69, 9.17) is 9.47 Å². The van der Waals surface area contributed by atoms with Crippen molar-refractivity contribution in [1.82, 2.24) is 4.98 Å². The minimum atomic E-state index is -0.389. The van der Waals surface area contributed by atoms with Gasteiger partial charge in [0.25, 0.3) is 0 Å². The van der Waals surface area contributed by atoms with E-state index in [1.807, 2.05) is 30.3 Å². The molecule has 0 radical (unpaired) electrons. The zero-order valence-electron chi connectivity index (χ0n) is 9.78. The number of aromatic nitrogens is 1. The summed E-state index contributed by atoms with van der Waals surface area (Å²) >= 11 is 0. The highest BCUT2D eigenvalue weighted by molar-refractivity contribution is 5.88. The minimum absolute atomic E-state index is 0.211. The van der Waals surface area contributed by atoms with Crippen molar-refractivity contribution in [2.75, 3.05) is 13.2 Å². The maximum Gasteiger partial charge on any atom is 0.339 e. The van der Waals surface area contributed by atoms with Gasteiger partial charge in [-0.15, -0.1) is 0 Å². The number of hydrogen-bond donors (Lipinski definition) is 0. The van der Waals surface area contributed by atoms with Gasteiger partial charge in [-0.25, -0.2) is 4.79 Å². The standard InChI is InChI=1S/C14H13NO3/c16-14(12-5-4-8-15-11-12)18-10-9-17-13-6-2-1-3-7-13/h1-8,11H,9-10H2. The van der Waals surface area contributed by atoms with E-state index in [0.717, 1.165) is 5.75 Å².